The molecule has 0 bridgehead atoms. The van der Waals surface area contributed by atoms with Crippen molar-refractivity contribution < 1.29 is 48.1 Å². The summed E-state index contributed by atoms with van der Waals surface area (Å²) in [6.45, 7) is 9.91. The van der Waals surface area contributed by atoms with Crippen LogP contribution in [0.3, 0.4) is 0 Å². The topological polar surface area (TPSA) is 116 Å². The smallest absolute Gasteiger partial charge is 0.305 e. The first-order valence-electron chi connectivity index (χ1n) is 18.5. The minimum atomic E-state index is -1.00. The van der Waals surface area contributed by atoms with E-state index < -0.39 is 11.6 Å². The molecule has 0 aromatic rings. The number of hydrogen-bond acceptors (Lipinski definition) is 10. The number of ether oxygens (including phenoxy) is 3. The van der Waals surface area contributed by atoms with E-state index in [2.05, 4.69) is 20.8 Å². The van der Waals surface area contributed by atoms with E-state index in [0.717, 1.165) is 64.2 Å². The van der Waals surface area contributed by atoms with Gasteiger partial charge in [-0.05, 0) is 86.4 Å². The van der Waals surface area contributed by atoms with Crippen LogP contribution in [0.15, 0.2) is 0 Å². The predicted molar refractivity (Wildman–Crippen MR) is 170 cm³/mol. The maximum atomic E-state index is 12.7. The second-order valence-corrected chi connectivity index (χ2v) is 16.5. The fraction of sp³-hybridized carbons (Fsp3) is 0.919. The normalized spacial score (nSPS) is 41.4. The van der Waals surface area contributed by atoms with Gasteiger partial charge in [0.15, 0.2) is 0 Å². The van der Waals surface area contributed by atoms with Crippen molar-refractivity contribution in [3.8, 4) is 0 Å². The number of esters is 3. The van der Waals surface area contributed by atoms with Gasteiger partial charge >= 0.3 is 17.9 Å². The van der Waals surface area contributed by atoms with Gasteiger partial charge in [-0.15, -0.1) is 0 Å². The van der Waals surface area contributed by atoms with E-state index in [9.17, 15) is 14.4 Å². The summed E-state index contributed by atoms with van der Waals surface area (Å²) in [6.07, 6.45) is 13.1. The molecule has 6 fully saturated rings. The molecule has 47 heavy (non-hydrogen) atoms. The summed E-state index contributed by atoms with van der Waals surface area (Å²) in [5, 5.41) is 0. The molecule has 0 radical (unpaired) electrons. The van der Waals surface area contributed by atoms with E-state index >= 15 is 0 Å². The lowest BCUT2D eigenvalue weighted by atomic mass is 9.42. The zero-order chi connectivity index (χ0) is 33.6. The summed E-state index contributed by atoms with van der Waals surface area (Å²) in [6, 6.07) is 0. The molecule has 4 unspecified atom stereocenters. The first-order chi connectivity index (χ1) is 22.3. The molecule has 0 aromatic carbocycles. The molecule has 5 saturated carbocycles. The highest BCUT2D eigenvalue weighted by Crippen LogP contribution is 2.70. The van der Waals surface area contributed by atoms with Crippen molar-refractivity contribution in [1.82, 2.24) is 0 Å². The van der Waals surface area contributed by atoms with Gasteiger partial charge in [0, 0.05) is 57.3 Å². The molecule has 1 saturated heterocycles. The Labute approximate surface area is 280 Å². The third-order valence-corrected chi connectivity index (χ3v) is 14.0. The lowest BCUT2D eigenvalue weighted by molar-refractivity contribution is -0.664. The molecule has 10 heteroatoms. The molecule has 10 nitrogen and oxygen atoms in total. The summed E-state index contributed by atoms with van der Waals surface area (Å²) in [4.78, 5) is 62.1. The van der Waals surface area contributed by atoms with Crippen LogP contribution in [0.5, 0.6) is 0 Å². The molecule has 10 atom stereocenters. The maximum Gasteiger partial charge on any atom is 0.305 e. The minimum absolute atomic E-state index is 0.108. The summed E-state index contributed by atoms with van der Waals surface area (Å²) < 4.78 is 17.5. The second-order valence-electron chi connectivity index (χ2n) is 16.5. The molecule has 6 rings (SSSR count). The van der Waals surface area contributed by atoms with Gasteiger partial charge in [0.25, 0.3) is 0 Å². The molecule has 1 aliphatic heterocycles. The highest BCUT2D eigenvalue weighted by Gasteiger charge is 2.69. The average Bonchev–Trinajstić information content (AvgIpc) is 3.38. The molecular formula is C37H58O10. The fourth-order valence-corrected chi connectivity index (χ4v) is 11.5. The van der Waals surface area contributed by atoms with Crippen LogP contribution >= 0.6 is 0 Å². The molecule has 5 aliphatic carbocycles. The van der Waals surface area contributed by atoms with Gasteiger partial charge in [0.05, 0.1) is 7.11 Å². The zero-order valence-electron chi connectivity index (χ0n) is 29.5. The highest BCUT2D eigenvalue weighted by molar-refractivity contribution is 5.69. The first-order valence-corrected chi connectivity index (χ1v) is 18.5. The van der Waals surface area contributed by atoms with Gasteiger partial charge in [0.2, 0.25) is 11.6 Å². The van der Waals surface area contributed by atoms with Gasteiger partial charge in [-0.3, -0.25) is 14.4 Å². The van der Waals surface area contributed by atoms with Crippen LogP contribution in [0.25, 0.3) is 0 Å². The Kier molecular flexibility index (Phi) is 10.1. The Morgan fingerprint density at radius 3 is 2.06 bits per heavy atom. The summed E-state index contributed by atoms with van der Waals surface area (Å²) >= 11 is 0. The number of hydrogen-bond donors (Lipinski definition) is 0. The molecule has 6 aliphatic rings. The van der Waals surface area contributed by atoms with Crippen molar-refractivity contribution in [3.63, 3.8) is 0 Å². The van der Waals surface area contributed by atoms with Crippen LogP contribution < -0.4 is 0 Å². The van der Waals surface area contributed by atoms with E-state index in [1.54, 1.807) is 0 Å². The van der Waals surface area contributed by atoms with E-state index in [4.69, 9.17) is 33.8 Å². The molecule has 0 amide bonds. The molecule has 0 aromatic heterocycles. The molecule has 0 N–H and O–H groups in total. The van der Waals surface area contributed by atoms with Crippen molar-refractivity contribution in [2.24, 2.45) is 46.3 Å². The number of fused-ring (bicyclic) bond motifs is 5. The fourth-order valence-electron chi connectivity index (χ4n) is 11.5. The second kappa shape index (κ2) is 13.5. The maximum absolute atomic E-state index is 12.7. The monoisotopic (exact) mass is 662 g/mol. The van der Waals surface area contributed by atoms with Crippen LogP contribution in [-0.2, 0) is 48.1 Å². The van der Waals surface area contributed by atoms with Crippen LogP contribution in [-0.4, -0.2) is 48.8 Å². The van der Waals surface area contributed by atoms with E-state index in [1.165, 1.54) is 27.4 Å². The van der Waals surface area contributed by atoms with Crippen LogP contribution in [0.4, 0.5) is 0 Å². The van der Waals surface area contributed by atoms with Crippen LogP contribution in [0, 0.1) is 46.3 Å². The third-order valence-electron chi connectivity index (χ3n) is 14.0. The van der Waals surface area contributed by atoms with Crippen molar-refractivity contribution >= 4 is 17.9 Å². The predicted octanol–water partition coefficient (Wildman–Crippen LogP) is 7.36. The van der Waals surface area contributed by atoms with Crippen molar-refractivity contribution in [1.29, 1.82) is 0 Å². The SMILES string of the molecule is COC(=O)CCC(C)[C@H]1CCC2C3C(C[C@H](OC(C)=O)[C@@]21C)[C@@]1(C)CCC2(C[C@H]1C[C@H]3OC(C)=O)OOC1(CCCCCCC1)OO2. The highest BCUT2D eigenvalue weighted by atomic mass is 17.4. The summed E-state index contributed by atoms with van der Waals surface area (Å²) in [7, 11) is 1.43. The van der Waals surface area contributed by atoms with Crippen molar-refractivity contribution in [2.45, 2.75) is 161 Å². The van der Waals surface area contributed by atoms with E-state index in [1.807, 2.05) is 0 Å². The molecule has 2 spiro atoms. The van der Waals surface area contributed by atoms with Gasteiger partial charge in [-0.1, -0.05) is 40.0 Å². The Balaban J connectivity index is 1.26. The zero-order valence-corrected chi connectivity index (χ0v) is 29.5. The summed E-state index contributed by atoms with van der Waals surface area (Å²) in [5.74, 6) is -1.42. The van der Waals surface area contributed by atoms with Gasteiger partial charge in [-0.2, -0.15) is 19.6 Å². The Bertz CT molecular complexity index is 1150. The molecule has 266 valence electrons. The average molecular weight is 663 g/mol. The largest absolute Gasteiger partial charge is 0.469 e. The standard InChI is InChI=1S/C37H58O10/c1-23(12-15-32(40)41-6)27-13-14-28-33-29(21-31(35(27,28)5)43-25(3)39)34(4)18-19-37(22-26(34)20-30(33)42-24(2)38)46-44-36(45-47-37)16-10-8-7-9-11-17-36/h23,26-31,33H,7-22H2,1-6H3/t23?,26-,27-,28?,29?,30-,31+,33?,34+,35-/m1/s1. The van der Waals surface area contributed by atoms with E-state index in [-0.39, 0.29) is 76.5 Å². The molecular weight excluding hydrogens is 604 g/mol. The Hall–Kier alpha value is -1.75. The van der Waals surface area contributed by atoms with Gasteiger partial charge in [-0.25, -0.2) is 0 Å². The van der Waals surface area contributed by atoms with Crippen LogP contribution in [0.2, 0.25) is 0 Å². The van der Waals surface area contributed by atoms with Crippen molar-refractivity contribution in [2.75, 3.05) is 7.11 Å². The Morgan fingerprint density at radius 2 is 1.43 bits per heavy atom. The lowest BCUT2D eigenvalue weighted by Crippen LogP contribution is -2.65. The number of carbonyl (C=O) groups excluding carboxylic acids is 3. The number of rotatable bonds is 6. The third kappa shape index (κ3) is 6.50. The lowest BCUT2D eigenvalue weighted by Gasteiger charge is -2.65. The first kappa shape index (κ1) is 35.1. The quantitative estimate of drug-likeness (QED) is 0.162. The Morgan fingerprint density at radius 1 is 0.787 bits per heavy atom. The van der Waals surface area contributed by atoms with Crippen molar-refractivity contribution in [3.05, 3.63) is 0 Å². The number of carbonyl (C=O) groups is 3. The van der Waals surface area contributed by atoms with Crippen LogP contribution in [0.1, 0.15) is 137 Å². The van der Waals surface area contributed by atoms with Gasteiger partial charge < -0.3 is 14.2 Å². The van der Waals surface area contributed by atoms with Gasteiger partial charge in [0.1, 0.15) is 12.2 Å². The minimum Gasteiger partial charge on any atom is -0.469 e. The molecule has 1 heterocycles. The number of methoxy groups -OCH3 is 1. The van der Waals surface area contributed by atoms with E-state index in [0.29, 0.717) is 32.1 Å². The summed E-state index contributed by atoms with van der Waals surface area (Å²) in [5.41, 5.74) is -0.411.